The van der Waals surface area contributed by atoms with E-state index in [1.54, 1.807) is 0 Å². The average molecular weight is 379 g/mol. The topological polar surface area (TPSA) is 81.9 Å². The number of pyridine rings is 1. The van der Waals surface area contributed by atoms with Crippen molar-refractivity contribution in [3.63, 3.8) is 0 Å². The van der Waals surface area contributed by atoms with Crippen molar-refractivity contribution in [1.82, 2.24) is 25.3 Å². The maximum atomic E-state index is 12.2. The lowest BCUT2D eigenvalue weighted by Crippen LogP contribution is -2.25. The van der Waals surface area contributed by atoms with Gasteiger partial charge < -0.3 is 10.1 Å². The number of carbonyl (C=O) groups is 1. The number of rotatable bonds is 5. The number of fused-ring (bicyclic) bond motifs is 2. The molecule has 0 fully saturated rings. The number of hydrogen-bond acceptors (Lipinski definition) is 6. The van der Waals surface area contributed by atoms with E-state index in [-0.39, 0.29) is 18.3 Å². The minimum Gasteiger partial charge on any atom is -0.469 e. The van der Waals surface area contributed by atoms with Crippen LogP contribution < -0.4 is 5.32 Å². The molecule has 0 saturated carbocycles. The Kier molecular flexibility index (Phi) is 5.09. The number of carbonyl (C=O) groups excluding carboxylic acids is 1. The molecule has 7 heteroatoms. The predicted octanol–water partition coefficient (Wildman–Crippen LogP) is 2.50. The summed E-state index contributed by atoms with van der Waals surface area (Å²) in [4.78, 5) is 17.1. The van der Waals surface area contributed by atoms with Crippen LogP contribution in [0.25, 0.3) is 11.0 Å². The maximum absolute atomic E-state index is 12.2. The Hall–Kier alpha value is -2.80. The molecule has 3 heterocycles. The summed E-state index contributed by atoms with van der Waals surface area (Å²) < 4.78 is 6.85. The molecule has 2 aromatic heterocycles. The number of nitrogens with zero attached hydrogens (tertiary/aromatic N) is 4. The minimum absolute atomic E-state index is 0.184. The molecule has 1 atom stereocenters. The van der Waals surface area contributed by atoms with Crippen molar-refractivity contribution in [2.75, 3.05) is 13.7 Å². The summed E-state index contributed by atoms with van der Waals surface area (Å²) in [6.07, 6.45) is 1.22. The number of ether oxygens (including phenoxy) is 1. The van der Waals surface area contributed by atoms with E-state index in [2.05, 4.69) is 27.8 Å². The molecular weight excluding hydrogens is 354 g/mol. The van der Waals surface area contributed by atoms with Gasteiger partial charge in [-0.3, -0.25) is 9.78 Å². The smallest absolute Gasteiger partial charge is 0.306 e. The van der Waals surface area contributed by atoms with Crippen molar-refractivity contribution in [3.05, 3.63) is 52.3 Å². The molecule has 146 valence electrons. The second-order valence-corrected chi connectivity index (χ2v) is 7.15. The number of benzene rings is 1. The highest BCUT2D eigenvalue weighted by atomic mass is 16.5. The lowest BCUT2D eigenvalue weighted by molar-refractivity contribution is -0.140. The fraction of sp³-hybridized carbons (Fsp3) is 0.429. The van der Waals surface area contributed by atoms with Gasteiger partial charge in [-0.25, -0.2) is 4.68 Å². The van der Waals surface area contributed by atoms with Crippen molar-refractivity contribution >= 4 is 17.0 Å². The van der Waals surface area contributed by atoms with E-state index in [4.69, 9.17) is 9.72 Å². The van der Waals surface area contributed by atoms with E-state index in [1.165, 1.54) is 12.7 Å². The molecule has 0 aliphatic carbocycles. The predicted molar refractivity (Wildman–Crippen MR) is 106 cm³/mol. The van der Waals surface area contributed by atoms with Crippen LogP contribution >= 0.6 is 0 Å². The summed E-state index contributed by atoms with van der Waals surface area (Å²) in [5.41, 5.74) is 7.17. The first-order valence-electron chi connectivity index (χ1n) is 9.71. The molecule has 1 unspecified atom stereocenters. The molecule has 3 aromatic rings. The fourth-order valence-corrected chi connectivity index (χ4v) is 3.97. The molecule has 1 aliphatic rings. The fourth-order valence-electron chi connectivity index (χ4n) is 3.97. The van der Waals surface area contributed by atoms with Crippen LogP contribution in [0.5, 0.6) is 0 Å². The molecule has 0 amide bonds. The summed E-state index contributed by atoms with van der Waals surface area (Å²) in [6.45, 7) is 6.58. The Morgan fingerprint density at radius 3 is 2.96 bits per heavy atom. The quantitative estimate of drug-likeness (QED) is 0.686. The Morgan fingerprint density at radius 1 is 1.32 bits per heavy atom. The van der Waals surface area contributed by atoms with E-state index in [1.807, 2.05) is 30.7 Å². The molecule has 1 aromatic carbocycles. The number of nitrogens with one attached hydrogen (secondary N) is 1. The molecule has 1 aliphatic heterocycles. The van der Waals surface area contributed by atoms with Crippen LogP contribution in [0.15, 0.2) is 24.3 Å². The van der Waals surface area contributed by atoms with E-state index >= 15 is 0 Å². The molecule has 0 radical (unpaired) electrons. The zero-order valence-electron chi connectivity index (χ0n) is 16.5. The summed E-state index contributed by atoms with van der Waals surface area (Å²) in [6, 6.07) is 8.29. The first kappa shape index (κ1) is 18.6. The van der Waals surface area contributed by atoms with E-state index in [0.29, 0.717) is 0 Å². The zero-order valence-corrected chi connectivity index (χ0v) is 16.5. The number of hydrogen-bond donors (Lipinski definition) is 1. The van der Waals surface area contributed by atoms with Gasteiger partial charge in [-0.15, -0.1) is 5.10 Å². The van der Waals surface area contributed by atoms with Gasteiger partial charge >= 0.3 is 5.97 Å². The third kappa shape index (κ3) is 3.26. The first-order valence-corrected chi connectivity index (χ1v) is 9.71. The Balaban J connectivity index is 1.81. The molecule has 28 heavy (non-hydrogen) atoms. The Bertz CT molecular complexity index is 1030. The first-order chi connectivity index (χ1) is 13.6. The number of methoxy groups -OCH3 is 1. The Labute approximate surface area is 164 Å². The number of aryl methyl sites for hydroxylation is 2. The van der Waals surface area contributed by atoms with Crippen molar-refractivity contribution < 1.29 is 9.53 Å². The maximum Gasteiger partial charge on any atom is 0.306 e. The van der Waals surface area contributed by atoms with Crippen LogP contribution in [-0.2, 0) is 29.0 Å². The molecule has 4 rings (SSSR count). The van der Waals surface area contributed by atoms with Crippen molar-refractivity contribution in [2.45, 2.75) is 45.7 Å². The number of aromatic nitrogens is 4. The second kappa shape index (κ2) is 7.67. The molecule has 7 nitrogen and oxygen atoms in total. The second-order valence-electron chi connectivity index (χ2n) is 7.15. The standard InChI is InChI=1S/C21H25N5O2/c1-4-26-19-8-6-15(13(2)21(19)24-25-26)16(11-20(27)28-3)17-7-5-14-9-10-22-12-18(14)23-17/h5-8,16,22H,4,9-12H2,1-3H3. The van der Waals surface area contributed by atoms with Gasteiger partial charge in [0.15, 0.2) is 0 Å². The molecular formula is C21H25N5O2. The van der Waals surface area contributed by atoms with Crippen LogP contribution in [0.4, 0.5) is 0 Å². The van der Waals surface area contributed by atoms with E-state index in [0.717, 1.165) is 59.6 Å². The normalized spacial score (nSPS) is 14.7. The molecule has 0 saturated heterocycles. The molecule has 0 bridgehead atoms. The van der Waals surface area contributed by atoms with Crippen LogP contribution in [0.1, 0.15) is 47.3 Å². The van der Waals surface area contributed by atoms with Gasteiger partial charge in [0, 0.05) is 24.7 Å². The highest BCUT2D eigenvalue weighted by molar-refractivity contribution is 5.80. The molecule has 1 N–H and O–H groups in total. The van der Waals surface area contributed by atoms with E-state index < -0.39 is 0 Å². The van der Waals surface area contributed by atoms with E-state index in [9.17, 15) is 4.79 Å². The van der Waals surface area contributed by atoms with Crippen LogP contribution in [0.3, 0.4) is 0 Å². The zero-order chi connectivity index (χ0) is 19.7. The third-order valence-electron chi connectivity index (χ3n) is 5.57. The lowest BCUT2D eigenvalue weighted by atomic mass is 9.87. The van der Waals surface area contributed by atoms with Gasteiger partial charge in [0.2, 0.25) is 0 Å². The monoisotopic (exact) mass is 379 g/mol. The third-order valence-corrected chi connectivity index (χ3v) is 5.57. The Morgan fingerprint density at radius 2 is 2.18 bits per heavy atom. The van der Waals surface area contributed by atoms with Gasteiger partial charge in [-0.05, 0) is 55.6 Å². The SMILES string of the molecule is CCn1nnc2c(C)c(C(CC(=O)OC)c3ccc4c(n3)CNCC4)ccc21. The highest BCUT2D eigenvalue weighted by Crippen LogP contribution is 2.33. The summed E-state index contributed by atoms with van der Waals surface area (Å²) in [5.74, 6) is -0.435. The largest absolute Gasteiger partial charge is 0.469 e. The van der Waals surface area contributed by atoms with Crippen molar-refractivity contribution in [3.8, 4) is 0 Å². The summed E-state index contributed by atoms with van der Waals surface area (Å²) in [7, 11) is 1.42. The average Bonchev–Trinajstić information content (AvgIpc) is 3.16. The van der Waals surface area contributed by atoms with Crippen LogP contribution in [0.2, 0.25) is 0 Å². The molecule has 0 spiro atoms. The summed E-state index contributed by atoms with van der Waals surface area (Å²) >= 11 is 0. The van der Waals surface area contributed by atoms with Gasteiger partial charge in [-0.1, -0.05) is 17.3 Å². The van der Waals surface area contributed by atoms with Gasteiger partial charge in [0.1, 0.15) is 5.52 Å². The highest BCUT2D eigenvalue weighted by Gasteiger charge is 2.25. The van der Waals surface area contributed by atoms with Crippen LogP contribution in [0, 0.1) is 6.92 Å². The van der Waals surface area contributed by atoms with Gasteiger partial charge in [0.25, 0.3) is 0 Å². The van der Waals surface area contributed by atoms with Gasteiger partial charge in [0.05, 0.1) is 24.7 Å². The van der Waals surface area contributed by atoms with Crippen molar-refractivity contribution in [1.29, 1.82) is 0 Å². The van der Waals surface area contributed by atoms with Crippen LogP contribution in [-0.4, -0.2) is 39.6 Å². The minimum atomic E-state index is -0.251. The number of esters is 1. The summed E-state index contributed by atoms with van der Waals surface area (Å²) in [5, 5.41) is 12.0. The lowest BCUT2D eigenvalue weighted by Gasteiger charge is -2.22. The van der Waals surface area contributed by atoms with Crippen molar-refractivity contribution in [2.24, 2.45) is 0 Å². The van der Waals surface area contributed by atoms with Gasteiger partial charge in [-0.2, -0.15) is 0 Å².